The lowest BCUT2D eigenvalue weighted by molar-refractivity contribution is -0.133. The van der Waals surface area contributed by atoms with Crippen molar-refractivity contribution in [2.45, 2.75) is 46.3 Å². The van der Waals surface area contributed by atoms with Crippen LogP contribution in [0.2, 0.25) is 0 Å². The first-order valence-corrected chi connectivity index (χ1v) is 12.8. The maximum absolute atomic E-state index is 13.6. The van der Waals surface area contributed by atoms with Crippen LogP contribution in [0.5, 0.6) is 5.75 Å². The maximum Gasteiger partial charge on any atom is 0.264 e. The number of amides is 2. The van der Waals surface area contributed by atoms with E-state index >= 15 is 0 Å². The van der Waals surface area contributed by atoms with Crippen molar-refractivity contribution in [3.05, 3.63) is 72.3 Å². The number of ether oxygens (including phenoxy) is 1. The summed E-state index contributed by atoms with van der Waals surface area (Å²) in [6, 6.07) is 15.7. The molecule has 0 atom stereocenters. The Morgan fingerprint density at radius 2 is 1.78 bits per heavy atom. The number of aromatic nitrogens is 3. The van der Waals surface area contributed by atoms with E-state index in [1.54, 1.807) is 11.0 Å². The fourth-order valence-corrected chi connectivity index (χ4v) is 4.69. The number of rotatable bonds is 6. The molecule has 0 fully saturated rings. The van der Waals surface area contributed by atoms with Gasteiger partial charge in [0.15, 0.2) is 6.61 Å². The molecule has 1 aliphatic heterocycles. The smallest absolute Gasteiger partial charge is 0.264 e. The first kappa shape index (κ1) is 26.3. The standard InChI is InChI=1S/C28H36N6O3/c1-22(2)31-13-8-14-34(27(36)19-37-25-11-5-4-6-12-25)28-23(3)9-7-10-24(28)17-32(16-15-31)26(35)18-33-21-29-20-30-33/h4-7,9-12,20-22H,8,13-19H2,1-3H3. The summed E-state index contributed by atoms with van der Waals surface area (Å²) in [7, 11) is 0. The van der Waals surface area contributed by atoms with E-state index < -0.39 is 0 Å². The van der Waals surface area contributed by atoms with Crippen molar-refractivity contribution in [2.75, 3.05) is 37.7 Å². The fourth-order valence-electron chi connectivity index (χ4n) is 4.69. The van der Waals surface area contributed by atoms with Gasteiger partial charge in [0.1, 0.15) is 24.9 Å². The van der Waals surface area contributed by atoms with E-state index in [0.29, 0.717) is 31.4 Å². The van der Waals surface area contributed by atoms with Gasteiger partial charge in [0.05, 0.1) is 5.69 Å². The van der Waals surface area contributed by atoms with Crippen LogP contribution in [0.25, 0.3) is 0 Å². The molecular weight excluding hydrogens is 468 g/mol. The summed E-state index contributed by atoms with van der Waals surface area (Å²) in [6.07, 6.45) is 3.80. The predicted molar refractivity (Wildman–Crippen MR) is 142 cm³/mol. The number of nitrogens with zero attached hydrogens (tertiary/aromatic N) is 6. The number of carbonyl (C=O) groups excluding carboxylic acids is 2. The monoisotopic (exact) mass is 504 g/mol. The Labute approximate surface area is 218 Å². The van der Waals surface area contributed by atoms with Crippen LogP contribution in [0.15, 0.2) is 61.2 Å². The van der Waals surface area contributed by atoms with E-state index in [-0.39, 0.29) is 25.0 Å². The summed E-state index contributed by atoms with van der Waals surface area (Å²) in [5.74, 6) is 0.524. The zero-order chi connectivity index (χ0) is 26.2. The average Bonchev–Trinajstić information content (AvgIpc) is 3.38. The normalized spacial score (nSPS) is 15.2. The second-order valence-electron chi connectivity index (χ2n) is 9.62. The van der Waals surface area contributed by atoms with Crippen molar-refractivity contribution in [3.8, 4) is 5.75 Å². The Morgan fingerprint density at radius 3 is 2.51 bits per heavy atom. The van der Waals surface area contributed by atoms with Crippen molar-refractivity contribution < 1.29 is 14.3 Å². The third-order valence-corrected chi connectivity index (χ3v) is 6.69. The minimum Gasteiger partial charge on any atom is -0.484 e. The van der Waals surface area contributed by atoms with E-state index in [9.17, 15) is 9.59 Å². The molecule has 2 amide bonds. The molecule has 0 saturated heterocycles. The van der Waals surface area contributed by atoms with Crippen LogP contribution in [0, 0.1) is 6.92 Å². The Bertz CT molecular complexity index is 1170. The highest BCUT2D eigenvalue weighted by Crippen LogP contribution is 2.28. The van der Waals surface area contributed by atoms with Gasteiger partial charge in [0, 0.05) is 38.8 Å². The molecule has 1 aliphatic rings. The van der Waals surface area contributed by atoms with Crippen molar-refractivity contribution in [1.82, 2.24) is 24.6 Å². The van der Waals surface area contributed by atoms with Crippen molar-refractivity contribution >= 4 is 17.5 Å². The van der Waals surface area contributed by atoms with Crippen LogP contribution in [-0.2, 0) is 22.7 Å². The van der Waals surface area contributed by atoms with Gasteiger partial charge in [-0.2, -0.15) is 5.10 Å². The van der Waals surface area contributed by atoms with E-state index in [1.165, 1.54) is 6.33 Å². The Hall–Kier alpha value is -3.72. The van der Waals surface area contributed by atoms with Gasteiger partial charge in [-0.05, 0) is 50.5 Å². The second-order valence-corrected chi connectivity index (χ2v) is 9.62. The number of para-hydroxylation sites is 2. The quantitative estimate of drug-likeness (QED) is 0.513. The molecular formula is C28H36N6O3. The van der Waals surface area contributed by atoms with E-state index in [4.69, 9.17) is 4.74 Å². The van der Waals surface area contributed by atoms with Gasteiger partial charge in [0.2, 0.25) is 5.91 Å². The number of aryl methyl sites for hydroxylation is 1. The number of hydrogen-bond acceptors (Lipinski definition) is 6. The molecule has 0 N–H and O–H groups in total. The minimum absolute atomic E-state index is 0.0359. The van der Waals surface area contributed by atoms with E-state index in [1.807, 2.05) is 65.3 Å². The molecule has 2 heterocycles. The van der Waals surface area contributed by atoms with Crippen molar-refractivity contribution in [2.24, 2.45) is 0 Å². The van der Waals surface area contributed by atoms with Gasteiger partial charge in [0.25, 0.3) is 5.91 Å². The lowest BCUT2D eigenvalue weighted by Crippen LogP contribution is -2.42. The second kappa shape index (κ2) is 12.5. The molecule has 196 valence electrons. The molecule has 0 spiro atoms. The number of hydrogen-bond donors (Lipinski definition) is 0. The fraction of sp³-hybridized carbons (Fsp3) is 0.429. The molecule has 0 bridgehead atoms. The first-order valence-electron chi connectivity index (χ1n) is 12.8. The highest BCUT2D eigenvalue weighted by atomic mass is 16.5. The zero-order valence-corrected chi connectivity index (χ0v) is 21.9. The molecule has 3 aromatic rings. The van der Waals surface area contributed by atoms with Gasteiger partial charge in [-0.15, -0.1) is 0 Å². The first-order chi connectivity index (χ1) is 17.9. The number of carbonyl (C=O) groups is 2. The molecule has 4 rings (SSSR count). The van der Waals surface area contributed by atoms with Crippen LogP contribution in [0.4, 0.5) is 5.69 Å². The van der Waals surface area contributed by atoms with Crippen LogP contribution in [0.1, 0.15) is 31.4 Å². The van der Waals surface area contributed by atoms with Crippen LogP contribution in [0.3, 0.4) is 0 Å². The highest BCUT2D eigenvalue weighted by Gasteiger charge is 2.26. The largest absolute Gasteiger partial charge is 0.484 e. The third kappa shape index (κ3) is 6.95. The summed E-state index contributed by atoms with van der Waals surface area (Å²) >= 11 is 0. The zero-order valence-electron chi connectivity index (χ0n) is 21.9. The topological polar surface area (TPSA) is 83.8 Å². The third-order valence-electron chi connectivity index (χ3n) is 6.69. The van der Waals surface area contributed by atoms with Gasteiger partial charge < -0.3 is 14.5 Å². The predicted octanol–water partition coefficient (Wildman–Crippen LogP) is 3.14. The Morgan fingerprint density at radius 1 is 0.973 bits per heavy atom. The van der Waals surface area contributed by atoms with Crippen LogP contribution >= 0.6 is 0 Å². The number of benzene rings is 2. The maximum atomic E-state index is 13.6. The van der Waals surface area contributed by atoms with Gasteiger partial charge >= 0.3 is 0 Å². The Kier molecular flexibility index (Phi) is 8.90. The summed E-state index contributed by atoms with van der Waals surface area (Å²) in [5, 5.41) is 4.10. The number of anilines is 1. The molecule has 9 heteroatoms. The van der Waals surface area contributed by atoms with E-state index in [0.717, 1.165) is 36.3 Å². The lowest BCUT2D eigenvalue weighted by atomic mass is 10.1. The molecule has 37 heavy (non-hydrogen) atoms. The molecule has 0 unspecified atom stereocenters. The van der Waals surface area contributed by atoms with Crippen molar-refractivity contribution in [3.63, 3.8) is 0 Å². The SMILES string of the molecule is Cc1cccc2c1N(C(=O)COc1ccccc1)CCCN(C(C)C)CCN(C(=O)Cn1cncn1)C2. The average molecular weight is 505 g/mol. The summed E-state index contributed by atoms with van der Waals surface area (Å²) < 4.78 is 7.37. The van der Waals surface area contributed by atoms with Crippen LogP contribution < -0.4 is 9.64 Å². The van der Waals surface area contributed by atoms with E-state index in [2.05, 4.69) is 28.8 Å². The van der Waals surface area contributed by atoms with Crippen molar-refractivity contribution in [1.29, 1.82) is 0 Å². The van der Waals surface area contributed by atoms with Gasteiger partial charge in [-0.1, -0.05) is 36.4 Å². The molecule has 9 nitrogen and oxygen atoms in total. The summed E-state index contributed by atoms with van der Waals surface area (Å²) in [6.45, 7) is 9.55. The Balaban J connectivity index is 1.64. The molecule has 0 radical (unpaired) electrons. The molecule has 0 saturated carbocycles. The minimum atomic E-state index is -0.102. The summed E-state index contributed by atoms with van der Waals surface area (Å²) in [5.41, 5.74) is 2.80. The molecule has 1 aromatic heterocycles. The van der Waals surface area contributed by atoms with Gasteiger partial charge in [-0.25, -0.2) is 9.67 Å². The summed E-state index contributed by atoms with van der Waals surface area (Å²) in [4.78, 5) is 37.0. The molecule has 0 aliphatic carbocycles. The highest BCUT2D eigenvalue weighted by molar-refractivity contribution is 5.96. The molecule has 2 aromatic carbocycles. The van der Waals surface area contributed by atoms with Crippen LogP contribution in [-0.4, -0.2) is 75.2 Å². The van der Waals surface area contributed by atoms with Gasteiger partial charge in [-0.3, -0.25) is 14.5 Å². The number of fused-ring (bicyclic) bond motifs is 1. The lowest BCUT2D eigenvalue weighted by Gasteiger charge is -2.30.